The summed E-state index contributed by atoms with van der Waals surface area (Å²) in [6, 6.07) is 19.2. The molecule has 5 heteroatoms. The summed E-state index contributed by atoms with van der Waals surface area (Å²) in [7, 11) is 0. The Morgan fingerprint density at radius 3 is 2.64 bits per heavy atom. The van der Waals surface area contributed by atoms with Crippen molar-refractivity contribution in [2.45, 2.75) is 19.9 Å². The molecular weight excluding hydrogens is 352 g/mol. The van der Waals surface area contributed by atoms with Gasteiger partial charge in [0.05, 0.1) is 12.2 Å². The molecule has 0 saturated heterocycles. The fourth-order valence-electron chi connectivity index (χ4n) is 3.76. The zero-order valence-corrected chi connectivity index (χ0v) is 15.9. The van der Waals surface area contributed by atoms with Gasteiger partial charge in [-0.15, -0.1) is 0 Å². The monoisotopic (exact) mass is 374 g/mol. The molecule has 0 aliphatic carbocycles. The number of amides is 2. The Morgan fingerprint density at radius 1 is 1.07 bits per heavy atom. The van der Waals surface area contributed by atoms with Crippen LogP contribution in [-0.4, -0.2) is 25.0 Å². The van der Waals surface area contributed by atoms with Gasteiger partial charge in [0, 0.05) is 12.5 Å². The Balaban J connectivity index is 1.51. The standard InChI is InChI=1S/C23H22N2O3/c1-15-6-5-9-20-21(24-16(2)26)23(27)25(22(15)20)12-13-28-19-11-10-17-7-3-4-8-18(17)14-19/h3-11,14,21H,12-13H2,1-2H3,(H,24,26)/t21-/m1/s1. The Hall–Kier alpha value is -3.34. The van der Waals surface area contributed by atoms with Crippen LogP contribution in [0.2, 0.25) is 0 Å². The molecule has 4 rings (SSSR count). The van der Waals surface area contributed by atoms with E-state index in [1.807, 2.05) is 61.5 Å². The number of hydrogen-bond acceptors (Lipinski definition) is 3. The van der Waals surface area contributed by atoms with Crippen LogP contribution < -0.4 is 15.0 Å². The highest BCUT2D eigenvalue weighted by Gasteiger charge is 2.38. The Labute approximate surface area is 163 Å². The second kappa shape index (κ2) is 7.35. The summed E-state index contributed by atoms with van der Waals surface area (Å²) in [4.78, 5) is 26.2. The molecule has 2 amide bonds. The van der Waals surface area contributed by atoms with Gasteiger partial charge in [0.15, 0.2) is 0 Å². The first-order valence-corrected chi connectivity index (χ1v) is 9.34. The number of nitrogens with zero attached hydrogens (tertiary/aromatic N) is 1. The van der Waals surface area contributed by atoms with E-state index in [0.29, 0.717) is 13.2 Å². The lowest BCUT2D eigenvalue weighted by atomic mass is 10.1. The molecule has 0 unspecified atom stereocenters. The number of carbonyl (C=O) groups is 2. The lowest BCUT2D eigenvalue weighted by molar-refractivity contribution is -0.126. The van der Waals surface area contributed by atoms with Crippen molar-refractivity contribution in [3.05, 3.63) is 71.8 Å². The molecule has 142 valence electrons. The molecule has 1 N–H and O–H groups in total. The number of anilines is 1. The van der Waals surface area contributed by atoms with Gasteiger partial charge in [0.1, 0.15) is 18.4 Å². The second-order valence-electron chi connectivity index (χ2n) is 6.99. The van der Waals surface area contributed by atoms with E-state index >= 15 is 0 Å². The summed E-state index contributed by atoms with van der Waals surface area (Å²) in [6.07, 6.45) is 0. The molecule has 28 heavy (non-hydrogen) atoms. The van der Waals surface area contributed by atoms with E-state index < -0.39 is 6.04 Å². The lowest BCUT2D eigenvalue weighted by Crippen LogP contribution is -2.38. The van der Waals surface area contributed by atoms with Crippen molar-refractivity contribution in [2.24, 2.45) is 0 Å². The molecule has 0 radical (unpaired) electrons. The first-order valence-electron chi connectivity index (χ1n) is 9.34. The van der Waals surface area contributed by atoms with Crippen molar-refractivity contribution < 1.29 is 14.3 Å². The third-order valence-electron chi connectivity index (χ3n) is 5.02. The lowest BCUT2D eigenvalue weighted by Gasteiger charge is -2.20. The minimum Gasteiger partial charge on any atom is -0.492 e. The van der Waals surface area contributed by atoms with Crippen molar-refractivity contribution >= 4 is 28.3 Å². The van der Waals surface area contributed by atoms with Crippen LogP contribution in [0.5, 0.6) is 5.75 Å². The van der Waals surface area contributed by atoms with Crippen LogP contribution in [0.4, 0.5) is 5.69 Å². The third-order valence-corrected chi connectivity index (χ3v) is 5.02. The van der Waals surface area contributed by atoms with Gasteiger partial charge in [0.25, 0.3) is 5.91 Å². The number of nitrogens with one attached hydrogen (secondary N) is 1. The number of carbonyl (C=O) groups excluding carboxylic acids is 2. The maximum atomic E-state index is 12.9. The smallest absolute Gasteiger partial charge is 0.254 e. The summed E-state index contributed by atoms with van der Waals surface area (Å²) in [5, 5.41) is 5.04. The summed E-state index contributed by atoms with van der Waals surface area (Å²) in [5.74, 6) is 0.426. The zero-order chi connectivity index (χ0) is 19.7. The molecular formula is C23H22N2O3. The Bertz CT molecular complexity index is 1060. The van der Waals surface area contributed by atoms with Gasteiger partial charge in [-0.2, -0.15) is 0 Å². The summed E-state index contributed by atoms with van der Waals surface area (Å²) < 4.78 is 5.91. The topological polar surface area (TPSA) is 58.6 Å². The average Bonchev–Trinajstić information content (AvgIpc) is 2.94. The number of fused-ring (bicyclic) bond motifs is 2. The number of hydrogen-bond donors (Lipinski definition) is 1. The Kier molecular flexibility index (Phi) is 4.74. The van der Waals surface area contributed by atoms with Gasteiger partial charge in [-0.05, 0) is 35.4 Å². The third kappa shape index (κ3) is 3.31. The first-order chi connectivity index (χ1) is 13.5. The van der Waals surface area contributed by atoms with E-state index in [0.717, 1.165) is 33.3 Å². The number of rotatable bonds is 5. The van der Waals surface area contributed by atoms with E-state index in [1.54, 1.807) is 4.90 Å². The van der Waals surface area contributed by atoms with Crippen molar-refractivity contribution in [3.8, 4) is 5.75 Å². The predicted octanol–water partition coefficient (Wildman–Crippen LogP) is 3.75. The van der Waals surface area contributed by atoms with Gasteiger partial charge in [0.2, 0.25) is 5.91 Å². The van der Waals surface area contributed by atoms with Crippen LogP contribution in [-0.2, 0) is 9.59 Å². The van der Waals surface area contributed by atoms with Crippen LogP contribution in [0.3, 0.4) is 0 Å². The highest BCUT2D eigenvalue weighted by Crippen LogP contribution is 2.38. The molecule has 5 nitrogen and oxygen atoms in total. The molecule has 0 bridgehead atoms. The highest BCUT2D eigenvalue weighted by atomic mass is 16.5. The Morgan fingerprint density at radius 2 is 1.86 bits per heavy atom. The molecule has 0 spiro atoms. The van der Waals surface area contributed by atoms with Crippen LogP contribution in [0, 0.1) is 6.92 Å². The highest BCUT2D eigenvalue weighted by molar-refractivity contribution is 6.06. The van der Waals surface area contributed by atoms with E-state index in [4.69, 9.17) is 4.74 Å². The SMILES string of the molecule is CC(=O)N[C@H]1C(=O)N(CCOc2ccc3ccccc3c2)c2c(C)cccc21. The summed E-state index contributed by atoms with van der Waals surface area (Å²) in [5.41, 5.74) is 2.71. The molecule has 0 saturated carbocycles. The maximum absolute atomic E-state index is 12.9. The van der Waals surface area contributed by atoms with Crippen LogP contribution in [0.25, 0.3) is 10.8 Å². The average molecular weight is 374 g/mol. The number of ether oxygens (including phenoxy) is 1. The molecule has 1 aliphatic heterocycles. The van der Waals surface area contributed by atoms with Crippen LogP contribution >= 0.6 is 0 Å². The molecule has 3 aromatic carbocycles. The largest absolute Gasteiger partial charge is 0.492 e. The van der Waals surface area contributed by atoms with E-state index in [1.165, 1.54) is 6.92 Å². The quantitative estimate of drug-likeness (QED) is 0.740. The number of benzene rings is 3. The first kappa shape index (κ1) is 18.0. The number of aryl methyl sites for hydroxylation is 1. The van der Waals surface area contributed by atoms with Crippen molar-refractivity contribution in [1.29, 1.82) is 0 Å². The van der Waals surface area contributed by atoms with Crippen LogP contribution in [0.1, 0.15) is 24.1 Å². The van der Waals surface area contributed by atoms with Crippen LogP contribution in [0.15, 0.2) is 60.7 Å². The van der Waals surface area contributed by atoms with E-state index in [2.05, 4.69) is 11.4 Å². The molecule has 1 atom stereocenters. The van der Waals surface area contributed by atoms with Gasteiger partial charge >= 0.3 is 0 Å². The molecule has 0 aromatic heterocycles. The minimum absolute atomic E-state index is 0.124. The second-order valence-corrected chi connectivity index (χ2v) is 6.99. The number of para-hydroxylation sites is 1. The predicted molar refractivity (Wildman–Crippen MR) is 110 cm³/mol. The van der Waals surface area contributed by atoms with E-state index in [9.17, 15) is 9.59 Å². The molecule has 1 aliphatic rings. The van der Waals surface area contributed by atoms with Gasteiger partial charge in [-0.25, -0.2) is 0 Å². The molecule has 3 aromatic rings. The van der Waals surface area contributed by atoms with Gasteiger partial charge in [-0.3, -0.25) is 9.59 Å². The molecule has 1 heterocycles. The fraction of sp³-hybridized carbons (Fsp3) is 0.217. The summed E-state index contributed by atoms with van der Waals surface area (Å²) >= 11 is 0. The van der Waals surface area contributed by atoms with E-state index in [-0.39, 0.29) is 11.8 Å². The normalized spacial score (nSPS) is 15.6. The molecule has 0 fully saturated rings. The van der Waals surface area contributed by atoms with Crippen molar-refractivity contribution in [2.75, 3.05) is 18.1 Å². The minimum atomic E-state index is -0.631. The zero-order valence-electron chi connectivity index (χ0n) is 15.9. The fourth-order valence-corrected chi connectivity index (χ4v) is 3.76. The van der Waals surface area contributed by atoms with Gasteiger partial charge < -0.3 is 15.0 Å². The van der Waals surface area contributed by atoms with Gasteiger partial charge in [-0.1, -0.05) is 48.5 Å². The summed E-state index contributed by atoms with van der Waals surface area (Å²) in [6.45, 7) is 4.18. The van der Waals surface area contributed by atoms with Crippen molar-refractivity contribution in [3.63, 3.8) is 0 Å². The van der Waals surface area contributed by atoms with Crippen molar-refractivity contribution in [1.82, 2.24) is 5.32 Å². The maximum Gasteiger partial charge on any atom is 0.254 e.